The Balaban J connectivity index is 1.65. The van der Waals surface area contributed by atoms with Crippen molar-refractivity contribution in [3.05, 3.63) is 58.8 Å². The van der Waals surface area contributed by atoms with E-state index < -0.39 is 24.1 Å². The minimum Gasteiger partial charge on any atom is -0.493 e. The second kappa shape index (κ2) is 11.4. The number of aliphatic carboxylic acids is 1. The van der Waals surface area contributed by atoms with E-state index in [1.165, 1.54) is 7.11 Å². The number of fused-ring (bicyclic) bond motifs is 3. The van der Waals surface area contributed by atoms with Crippen molar-refractivity contribution in [2.45, 2.75) is 77.0 Å². The Morgan fingerprint density at radius 2 is 2.05 bits per heavy atom. The molecule has 1 saturated carbocycles. The van der Waals surface area contributed by atoms with Crippen LogP contribution in [-0.4, -0.2) is 51.6 Å². The van der Waals surface area contributed by atoms with E-state index >= 15 is 0 Å². The molecular formula is C30H38N4O6. The summed E-state index contributed by atoms with van der Waals surface area (Å²) in [6.07, 6.45) is 8.61. The molecule has 3 heterocycles. The number of nitrogens with two attached hydrogens (primary N) is 1. The lowest BCUT2D eigenvalue weighted by Crippen LogP contribution is -2.42. The number of carboxylic acids is 1. The molecule has 0 spiro atoms. The first-order chi connectivity index (χ1) is 19.2. The molecule has 0 bridgehead atoms. The number of aliphatic hydroxyl groups is 1. The average Bonchev–Trinajstić information content (AvgIpc) is 3.56. The van der Waals surface area contributed by atoms with Crippen LogP contribution >= 0.6 is 0 Å². The van der Waals surface area contributed by atoms with Crippen LogP contribution < -0.4 is 10.6 Å². The van der Waals surface area contributed by atoms with Crippen LogP contribution in [0.15, 0.2) is 47.4 Å². The molecule has 1 amide bonds. The fourth-order valence-corrected chi connectivity index (χ4v) is 6.36. The minimum atomic E-state index is -1.22. The average molecular weight is 551 g/mol. The molecule has 5 rings (SSSR count). The molecule has 2 aromatic rings. The fraction of sp³-hybridized carbons (Fsp3) is 0.500. The third-order valence-electron chi connectivity index (χ3n) is 8.38. The van der Waals surface area contributed by atoms with Gasteiger partial charge in [-0.1, -0.05) is 12.5 Å². The number of carbonyl (C=O) groups is 2. The summed E-state index contributed by atoms with van der Waals surface area (Å²) < 4.78 is 12.8. The molecule has 3 unspecified atom stereocenters. The third-order valence-corrected chi connectivity index (χ3v) is 8.38. The maximum Gasteiger partial charge on any atom is 0.414 e. The number of imidazole rings is 1. The number of nitrogens with zero attached hydrogens (tertiary/aromatic N) is 3. The highest BCUT2D eigenvalue weighted by molar-refractivity contribution is 5.95. The lowest BCUT2D eigenvalue weighted by molar-refractivity contribution is -0.143. The topological polar surface area (TPSA) is 140 Å². The molecule has 1 aliphatic carbocycles. The van der Waals surface area contributed by atoms with Gasteiger partial charge in [-0.05, 0) is 75.8 Å². The normalized spacial score (nSPS) is 24.4. The van der Waals surface area contributed by atoms with Gasteiger partial charge in [0.25, 0.3) is 0 Å². The number of aryl methyl sites for hydroxylation is 1. The number of ether oxygens (including phenoxy) is 2. The Hall–Kier alpha value is -3.79. The van der Waals surface area contributed by atoms with Crippen molar-refractivity contribution in [1.29, 1.82) is 0 Å². The Morgan fingerprint density at radius 1 is 1.25 bits per heavy atom. The smallest absolute Gasteiger partial charge is 0.414 e. The summed E-state index contributed by atoms with van der Waals surface area (Å²) >= 11 is 0. The zero-order chi connectivity index (χ0) is 28.6. The molecule has 0 saturated heterocycles. The number of hydrogen-bond donors (Lipinski definition) is 3. The first kappa shape index (κ1) is 27.8. The maximum absolute atomic E-state index is 12.7. The zero-order valence-corrected chi connectivity index (χ0v) is 23.3. The largest absolute Gasteiger partial charge is 0.493 e. The van der Waals surface area contributed by atoms with E-state index in [1.54, 1.807) is 11.0 Å². The van der Waals surface area contributed by atoms with Gasteiger partial charge >= 0.3 is 12.1 Å². The van der Waals surface area contributed by atoms with Gasteiger partial charge in [0.1, 0.15) is 11.6 Å². The molecule has 1 aromatic heterocycles. The van der Waals surface area contributed by atoms with Gasteiger partial charge in [-0.15, -0.1) is 0 Å². The standard InChI is InChI=1S/C30H38N4O6/c1-4-6-25-18(13-14-40-25)16-22(31)27(35)28-32-26-21-10-9-17(2)33(30(38)39-3)23(21)11-12-24(26)34(28)20-8-5-7-19(15-20)29(36)37/h4,6,11-12,16-17,19-20,27,35H,5,7-10,13-15,31H2,1-3H3,(H,36,37)/b6-4-,22-16-/t17-,19?,20?,27?/m0/s1. The summed E-state index contributed by atoms with van der Waals surface area (Å²) in [4.78, 5) is 31.2. The van der Waals surface area contributed by atoms with Crippen LogP contribution in [-0.2, 0) is 20.7 Å². The number of methoxy groups -OCH3 is 1. The maximum atomic E-state index is 12.7. The molecule has 10 nitrogen and oxygen atoms in total. The molecule has 40 heavy (non-hydrogen) atoms. The number of rotatable bonds is 6. The van der Waals surface area contributed by atoms with Gasteiger partial charge in [0, 0.05) is 29.8 Å². The van der Waals surface area contributed by atoms with Gasteiger partial charge in [-0.3, -0.25) is 9.69 Å². The highest BCUT2D eigenvalue weighted by Crippen LogP contribution is 2.42. The lowest BCUT2D eigenvalue weighted by Gasteiger charge is -2.34. The molecule has 1 fully saturated rings. The SMILES string of the molecule is C/C=C\C1=C(/C=C(\N)C(O)c2nc3c4c(ccc3n2C2CCCC(C(=O)O)C2)N(C(=O)OC)[C@@H](C)CC4)CCO1. The summed E-state index contributed by atoms with van der Waals surface area (Å²) in [7, 11) is 1.37. The summed E-state index contributed by atoms with van der Waals surface area (Å²) in [6.45, 7) is 4.45. The van der Waals surface area contributed by atoms with Crippen molar-refractivity contribution >= 4 is 28.8 Å². The zero-order valence-electron chi connectivity index (χ0n) is 23.3. The molecule has 4 atom stereocenters. The predicted molar refractivity (Wildman–Crippen MR) is 151 cm³/mol. The van der Waals surface area contributed by atoms with Gasteiger partial charge < -0.3 is 30.0 Å². The Kier molecular flexibility index (Phi) is 7.89. The molecule has 10 heteroatoms. The van der Waals surface area contributed by atoms with Crippen molar-refractivity contribution in [2.24, 2.45) is 11.7 Å². The van der Waals surface area contributed by atoms with Gasteiger partial charge in [0.05, 0.1) is 36.4 Å². The Bertz CT molecular complexity index is 1410. The molecular weight excluding hydrogens is 512 g/mol. The van der Waals surface area contributed by atoms with Crippen LogP contribution in [0.4, 0.5) is 10.5 Å². The summed E-state index contributed by atoms with van der Waals surface area (Å²) in [5.41, 5.74) is 10.8. The van der Waals surface area contributed by atoms with E-state index in [1.807, 2.05) is 42.7 Å². The van der Waals surface area contributed by atoms with Crippen molar-refractivity contribution in [1.82, 2.24) is 9.55 Å². The van der Waals surface area contributed by atoms with Crippen LogP contribution in [0.2, 0.25) is 0 Å². The number of aromatic nitrogens is 2. The highest BCUT2D eigenvalue weighted by atomic mass is 16.5. The first-order valence-electron chi connectivity index (χ1n) is 14.0. The number of anilines is 1. The molecule has 4 N–H and O–H groups in total. The van der Waals surface area contributed by atoms with Gasteiger partial charge in [-0.2, -0.15) is 0 Å². The molecule has 2 aliphatic heterocycles. The van der Waals surface area contributed by atoms with E-state index in [4.69, 9.17) is 20.2 Å². The first-order valence-corrected chi connectivity index (χ1v) is 14.0. The second-order valence-corrected chi connectivity index (χ2v) is 10.9. The van der Waals surface area contributed by atoms with Crippen molar-refractivity contribution in [3.63, 3.8) is 0 Å². The van der Waals surface area contributed by atoms with Crippen LogP contribution in [0.25, 0.3) is 11.0 Å². The minimum absolute atomic E-state index is 0.0361. The summed E-state index contributed by atoms with van der Waals surface area (Å²) in [5, 5.41) is 21.4. The molecule has 1 aromatic carbocycles. The number of carboxylic acid groups (broad SMARTS) is 1. The van der Waals surface area contributed by atoms with Gasteiger partial charge in [0.15, 0.2) is 6.10 Å². The number of benzene rings is 1. The van der Waals surface area contributed by atoms with Gasteiger partial charge in [0.2, 0.25) is 0 Å². The predicted octanol–water partition coefficient (Wildman–Crippen LogP) is 4.89. The third kappa shape index (κ3) is 4.96. The number of aliphatic hydroxyl groups excluding tert-OH is 1. The lowest BCUT2D eigenvalue weighted by atomic mass is 9.85. The number of hydrogen-bond acceptors (Lipinski definition) is 7. The summed E-state index contributed by atoms with van der Waals surface area (Å²) in [5.74, 6) is -0.163. The van der Waals surface area contributed by atoms with Crippen molar-refractivity contribution < 1.29 is 29.3 Å². The summed E-state index contributed by atoms with van der Waals surface area (Å²) in [6, 6.07) is 3.61. The Morgan fingerprint density at radius 3 is 2.77 bits per heavy atom. The number of amides is 1. The van der Waals surface area contributed by atoms with E-state index in [9.17, 15) is 19.8 Å². The number of carbonyl (C=O) groups excluding carboxylic acids is 1. The van der Waals surface area contributed by atoms with Gasteiger partial charge in [-0.25, -0.2) is 9.78 Å². The highest BCUT2D eigenvalue weighted by Gasteiger charge is 2.35. The van der Waals surface area contributed by atoms with E-state index in [0.29, 0.717) is 43.6 Å². The van der Waals surface area contributed by atoms with E-state index in [2.05, 4.69) is 0 Å². The number of allylic oxidation sites excluding steroid dienone is 3. The van der Waals surface area contributed by atoms with Crippen LogP contribution in [0.3, 0.4) is 0 Å². The van der Waals surface area contributed by atoms with Crippen LogP contribution in [0, 0.1) is 5.92 Å². The van der Waals surface area contributed by atoms with Crippen molar-refractivity contribution in [3.8, 4) is 0 Å². The van der Waals surface area contributed by atoms with Crippen LogP contribution in [0.5, 0.6) is 0 Å². The van der Waals surface area contributed by atoms with Crippen molar-refractivity contribution in [2.75, 3.05) is 18.6 Å². The molecule has 214 valence electrons. The molecule has 0 radical (unpaired) electrons. The monoisotopic (exact) mass is 550 g/mol. The van der Waals surface area contributed by atoms with E-state index in [0.717, 1.165) is 47.4 Å². The van der Waals surface area contributed by atoms with Crippen LogP contribution in [0.1, 0.15) is 75.9 Å². The second-order valence-electron chi connectivity index (χ2n) is 10.9. The Labute approximate surface area is 233 Å². The fourth-order valence-electron chi connectivity index (χ4n) is 6.36. The molecule has 3 aliphatic rings. The quantitative estimate of drug-likeness (QED) is 0.462. The van der Waals surface area contributed by atoms with E-state index in [-0.39, 0.29) is 17.8 Å².